The fraction of sp³-hybridized carbons (Fsp3) is 0.167. The Kier molecular flexibility index (Phi) is 2.61. The number of aromatic nitrogens is 3. The number of nitrogens with zero attached hydrogens (tertiary/aromatic N) is 2. The molecule has 0 atom stereocenters. The van der Waals surface area contributed by atoms with Gasteiger partial charge in [0.05, 0.1) is 11.0 Å². The molecule has 2 aromatic heterocycles. The quantitative estimate of drug-likeness (QED) is 0.578. The smallest absolute Gasteiger partial charge is 0.100 e. The van der Waals surface area contributed by atoms with Crippen molar-refractivity contribution in [1.82, 2.24) is 14.5 Å². The molecule has 2 heterocycles. The molecule has 0 aliphatic heterocycles. The van der Waals surface area contributed by atoms with Crippen LogP contribution in [0.2, 0.25) is 0 Å². The second-order valence-corrected chi connectivity index (χ2v) is 5.50. The van der Waals surface area contributed by atoms with Crippen LogP contribution in [-0.4, -0.2) is 14.5 Å². The average Bonchev–Trinajstić information content (AvgIpc) is 3.09. The van der Waals surface area contributed by atoms with E-state index in [4.69, 9.17) is 0 Å². The lowest BCUT2D eigenvalue weighted by atomic mass is 10.1. The van der Waals surface area contributed by atoms with Crippen LogP contribution in [0.1, 0.15) is 18.1 Å². The lowest BCUT2D eigenvalue weighted by Gasteiger charge is -2.05. The van der Waals surface area contributed by atoms with Crippen molar-refractivity contribution < 1.29 is 0 Å². The number of benzene rings is 2. The number of aromatic amines is 1. The minimum atomic E-state index is 1.04. The summed E-state index contributed by atoms with van der Waals surface area (Å²) in [6, 6.07) is 12.9. The Hall–Kier alpha value is -2.55. The van der Waals surface area contributed by atoms with Crippen LogP contribution in [0.25, 0.3) is 27.6 Å². The van der Waals surface area contributed by atoms with Crippen molar-refractivity contribution in [1.29, 1.82) is 0 Å². The van der Waals surface area contributed by atoms with Gasteiger partial charge in [-0.1, -0.05) is 13.0 Å². The van der Waals surface area contributed by atoms with E-state index in [1.165, 1.54) is 22.0 Å². The highest BCUT2D eigenvalue weighted by atomic mass is 15.0. The van der Waals surface area contributed by atoms with Gasteiger partial charge in [-0.15, -0.1) is 0 Å². The van der Waals surface area contributed by atoms with Crippen LogP contribution in [-0.2, 0) is 6.42 Å². The van der Waals surface area contributed by atoms with Crippen LogP contribution < -0.4 is 0 Å². The first-order valence-corrected chi connectivity index (χ1v) is 7.30. The van der Waals surface area contributed by atoms with E-state index >= 15 is 0 Å². The molecule has 0 aliphatic rings. The van der Waals surface area contributed by atoms with E-state index in [9.17, 15) is 0 Å². The predicted octanol–water partition coefficient (Wildman–Crippen LogP) is 4.38. The fourth-order valence-electron chi connectivity index (χ4n) is 2.94. The monoisotopic (exact) mass is 275 g/mol. The van der Waals surface area contributed by atoms with E-state index in [1.807, 2.05) is 6.33 Å². The van der Waals surface area contributed by atoms with Crippen LogP contribution in [0.3, 0.4) is 0 Å². The third kappa shape index (κ3) is 1.85. The topological polar surface area (TPSA) is 33.6 Å². The lowest BCUT2D eigenvalue weighted by molar-refractivity contribution is 1.09. The molecule has 0 fully saturated rings. The number of hydrogen-bond donors (Lipinski definition) is 1. The van der Waals surface area contributed by atoms with Crippen molar-refractivity contribution in [3.05, 3.63) is 60.0 Å². The molecule has 4 aromatic rings. The number of aryl methyl sites for hydroxylation is 2. The van der Waals surface area contributed by atoms with Gasteiger partial charge in [-0.05, 0) is 54.8 Å². The molecular weight excluding hydrogens is 258 g/mol. The third-order valence-electron chi connectivity index (χ3n) is 4.11. The Balaban J connectivity index is 1.95. The first kappa shape index (κ1) is 12.2. The molecule has 0 saturated heterocycles. The number of nitrogens with one attached hydrogen (secondary N) is 1. The van der Waals surface area contributed by atoms with Crippen molar-refractivity contribution in [3.8, 4) is 5.69 Å². The zero-order valence-electron chi connectivity index (χ0n) is 12.2. The summed E-state index contributed by atoms with van der Waals surface area (Å²) in [5, 5.41) is 1.30. The minimum absolute atomic E-state index is 1.04. The van der Waals surface area contributed by atoms with Crippen molar-refractivity contribution >= 4 is 21.9 Å². The molecule has 0 spiro atoms. The van der Waals surface area contributed by atoms with Gasteiger partial charge in [-0.25, -0.2) is 4.98 Å². The van der Waals surface area contributed by atoms with Crippen molar-refractivity contribution in [2.75, 3.05) is 0 Å². The molecule has 21 heavy (non-hydrogen) atoms. The van der Waals surface area contributed by atoms with Crippen LogP contribution in [0, 0.1) is 6.92 Å². The lowest BCUT2D eigenvalue weighted by Crippen LogP contribution is -1.92. The van der Waals surface area contributed by atoms with Gasteiger partial charge in [-0.2, -0.15) is 0 Å². The van der Waals surface area contributed by atoms with Gasteiger partial charge in [0.1, 0.15) is 6.33 Å². The minimum Gasteiger partial charge on any atom is -0.361 e. The second kappa shape index (κ2) is 4.48. The van der Waals surface area contributed by atoms with Gasteiger partial charge in [-0.3, -0.25) is 4.57 Å². The summed E-state index contributed by atoms with van der Waals surface area (Å²) in [5.74, 6) is 0. The second-order valence-electron chi connectivity index (χ2n) is 5.50. The first-order chi connectivity index (χ1) is 10.3. The number of imidazole rings is 1. The number of hydrogen-bond acceptors (Lipinski definition) is 1. The van der Waals surface area contributed by atoms with Crippen LogP contribution in [0.5, 0.6) is 0 Å². The molecular formula is C18H17N3. The van der Waals surface area contributed by atoms with Crippen molar-refractivity contribution in [2.24, 2.45) is 0 Å². The Labute approximate surface area is 123 Å². The summed E-state index contributed by atoms with van der Waals surface area (Å²) in [7, 11) is 0. The van der Waals surface area contributed by atoms with E-state index in [0.717, 1.165) is 23.1 Å². The van der Waals surface area contributed by atoms with Gasteiger partial charge in [0.15, 0.2) is 0 Å². The summed E-state index contributed by atoms with van der Waals surface area (Å²) in [6.45, 7) is 4.28. The zero-order valence-corrected chi connectivity index (χ0v) is 12.2. The van der Waals surface area contributed by atoms with Gasteiger partial charge >= 0.3 is 0 Å². The van der Waals surface area contributed by atoms with Gasteiger partial charge in [0.25, 0.3) is 0 Å². The van der Waals surface area contributed by atoms with E-state index in [-0.39, 0.29) is 0 Å². The molecule has 0 amide bonds. The molecule has 1 N–H and O–H groups in total. The molecule has 0 unspecified atom stereocenters. The summed E-state index contributed by atoms with van der Waals surface area (Å²) < 4.78 is 2.15. The SMILES string of the molecule is CCc1c[nH]c2ccc(-n3cnc4cc(C)ccc43)cc12. The molecule has 0 radical (unpaired) electrons. The predicted molar refractivity (Wildman–Crippen MR) is 87.0 cm³/mol. The molecule has 2 aromatic carbocycles. The maximum atomic E-state index is 4.52. The Bertz CT molecular complexity index is 944. The number of H-pyrrole nitrogens is 1. The van der Waals surface area contributed by atoms with Crippen LogP contribution in [0.4, 0.5) is 0 Å². The summed E-state index contributed by atoms with van der Waals surface area (Å²) in [5.41, 5.74) is 7.13. The van der Waals surface area contributed by atoms with E-state index in [2.05, 4.69) is 71.0 Å². The van der Waals surface area contributed by atoms with Crippen molar-refractivity contribution in [3.63, 3.8) is 0 Å². The average molecular weight is 275 g/mol. The van der Waals surface area contributed by atoms with Gasteiger partial charge in [0, 0.05) is 22.8 Å². The number of fused-ring (bicyclic) bond motifs is 2. The van der Waals surface area contributed by atoms with Crippen LogP contribution >= 0.6 is 0 Å². The van der Waals surface area contributed by atoms with Crippen LogP contribution in [0.15, 0.2) is 48.9 Å². The molecule has 0 aliphatic carbocycles. The van der Waals surface area contributed by atoms with E-state index < -0.39 is 0 Å². The first-order valence-electron chi connectivity index (χ1n) is 7.30. The molecule has 104 valence electrons. The molecule has 3 nitrogen and oxygen atoms in total. The summed E-state index contributed by atoms with van der Waals surface area (Å²) in [6.07, 6.45) is 5.04. The largest absolute Gasteiger partial charge is 0.361 e. The third-order valence-corrected chi connectivity index (χ3v) is 4.11. The van der Waals surface area contributed by atoms with E-state index in [1.54, 1.807) is 0 Å². The molecule has 0 saturated carbocycles. The maximum Gasteiger partial charge on any atom is 0.100 e. The Morgan fingerprint density at radius 1 is 1.14 bits per heavy atom. The normalized spacial score (nSPS) is 11.5. The highest BCUT2D eigenvalue weighted by Gasteiger charge is 2.07. The standard InChI is InChI=1S/C18H17N3/c1-3-13-10-19-16-6-5-14(9-15(13)16)21-11-20-17-8-12(2)4-7-18(17)21/h4-11,19H,3H2,1-2H3. The van der Waals surface area contributed by atoms with E-state index in [0.29, 0.717) is 0 Å². The van der Waals surface area contributed by atoms with Gasteiger partial charge < -0.3 is 4.98 Å². The number of rotatable bonds is 2. The maximum absolute atomic E-state index is 4.52. The molecule has 0 bridgehead atoms. The van der Waals surface area contributed by atoms with Gasteiger partial charge in [0.2, 0.25) is 0 Å². The Morgan fingerprint density at radius 3 is 2.90 bits per heavy atom. The Morgan fingerprint density at radius 2 is 2.05 bits per heavy atom. The molecule has 3 heteroatoms. The highest BCUT2D eigenvalue weighted by molar-refractivity contribution is 5.86. The van der Waals surface area contributed by atoms with Crippen molar-refractivity contribution in [2.45, 2.75) is 20.3 Å². The summed E-state index contributed by atoms with van der Waals surface area (Å²) in [4.78, 5) is 7.85. The highest BCUT2D eigenvalue weighted by Crippen LogP contribution is 2.25. The molecule has 4 rings (SSSR count). The summed E-state index contributed by atoms with van der Waals surface area (Å²) >= 11 is 0. The zero-order chi connectivity index (χ0) is 14.4. The fourth-order valence-corrected chi connectivity index (χ4v) is 2.94.